The summed E-state index contributed by atoms with van der Waals surface area (Å²) in [7, 11) is 1.56. The van der Waals surface area contributed by atoms with Crippen LogP contribution in [0.15, 0.2) is 53.7 Å². The van der Waals surface area contributed by atoms with Crippen LogP contribution in [0.4, 0.5) is 5.69 Å². The smallest absolute Gasteiger partial charge is 0.242 e. The summed E-state index contributed by atoms with van der Waals surface area (Å²) in [6.07, 6.45) is 4.35. The van der Waals surface area contributed by atoms with Crippen LogP contribution in [0, 0.1) is 0 Å². The Labute approximate surface area is 185 Å². The molecule has 30 heavy (non-hydrogen) atoms. The summed E-state index contributed by atoms with van der Waals surface area (Å²) in [6.45, 7) is 0.891. The van der Waals surface area contributed by atoms with Gasteiger partial charge in [0.1, 0.15) is 16.8 Å². The molecule has 8 heteroatoms. The molecule has 0 saturated heterocycles. The second kappa shape index (κ2) is 9.53. The van der Waals surface area contributed by atoms with Gasteiger partial charge in [-0.2, -0.15) is 0 Å². The Morgan fingerprint density at radius 3 is 2.77 bits per heavy atom. The molecule has 0 unspecified atom stereocenters. The second-order valence-corrected chi connectivity index (χ2v) is 8.59. The number of nitrogens with one attached hydrogen (secondary N) is 1. The molecule has 1 aromatic heterocycles. The van der Waals surface area contributed by atoms with Crippen LogP contribution in [0.3, 0.4) is 0 Å². The summed E-state index contributed by atoms with van der Waals surface area (Å²) >= 11 is 7.65. The highest BCUT2D eigenvalue weighted by Gasteiger charge is 2.26. The molecule has 1 aliphatic heterocycles. The van der Waals surface area contributed by atoms with E-state index < -0.39 is 5.25 Å². The van der Waals surface area contributed by atoms with E-state index in [9.17, 15) is 4.79 Å². The van der Waals surface area contributed by atoms with Gasteiger partial charge in [-0.05, 0) is 36.6 Å². The van der Waals surface area contributed by atoms with Crippen molar-refractivity contribution in [3.05, 3.63) is 64.9 Å². The van der Waals surface area contributed by atoms with E-state index >= 15 is 0 Å². The summed E-state index contributed by atoms with van der Waals surface area (Å²) in [4.78, 5) is 13.3. The Morgan fingerprint density at radius 1 is 1.17 bits per heavy atom. The summed E-state index contributed by atoms with van der Waals surface area (Å²) in [5, 5.41) is 12.5. The lowest BCUT2D eigenvalue weighted by Gasteiger charge is -2.17. The Kier molecular flexibility index (Phi) is 6.59. The van der Waals surface area contributed by atoms with Crippen molar-refractivity contribution in [3.8, 4) is 5.75 Å². The fourth-order valence-corrected chi connectivity index (χ4v) is 4.84. The van der Waals surface area contributed by atoms with Crippen LogP contribution in [0.2, 0.25) is 5.02 Å². The van der Waals surface area contributed by atoms with E-state index in [0.717, 1.165) is 42.4 Å². The number of benzene rings is 2. The molecule has 156 valence electrons. The topological polar surface area (TPSA) is 69.0 Å². The molecule has 2 heterocycles. The number of aryl methyl sites for hydroxylation is 1. The lowest BCUT2D eigenvalue weighted by Crippen LogP contribution is -2.19. The zero-order chi connectivity index (χ0) is 20.9. The molecular weight excluding hydrogens is 420 g/mol. The third-order valence-corrected chi connectivity index (χ3v) is 6.59. The van der Waals surface area contributed by atoms with Gasteiger partial charge in [-0.1, -0.05) is 60.1 Å². The van der Waals surface area contributed by atoms with Crippen LogP contribution in [0.1, 0.15) is 35.9 Å². The summed E-state index contributed by atoms with van der Waals surface area (Å²) in [6, 6.07) is 14.9. The molecule has 1 amide bonds. The first kappa shape index (κ1) is 20.8. The van der Waals surface area contributed by atoms with E-state index in [-0.39, 0.29) is 5.91 Å². The number of rotatable bonds is 6. The fourth-order valence-electron chi connectivity index (χ4n) is 3.50. The molecule has 0 bridgehead atoms. The minimum atomic E-state index is -0.469. The molecule has 0 aliphatic carbocycles. The molecule has 1 N–H and O–H groups in total. The predicted octanol–water partition coefficient (Wildman–Crippen LogP) is 5.14. The number of thioether (sulfide) groups is 1. The first-order valence-electron chi connectivity index (χ1n) is 9.94. The van der Waals surface area contributed by atoms with E-state index in [1.807, 2.05) is 30.3 Å². The number of amides is 1. The molecule has 0 radical (unpaired) electrons. The zero-order valence-electron chi connectivity index (χ0n) is 16.7. The van der Waals surface area contributed by atoms with Crippen LogP contribution in [0.5, 0.6) is 5.75 Å². The van der Waals surface area contributed by atoms with E-state index in [4.69, 9.17) is 16.3 Å². The maximum Gasteiger partial charge on any atom is 0.242 e. The van der Waals surface area contributed by atoms with Gasteiger partial charge in [0.25, 0.3) is 0 Å². The summed E-state index contributed by atoms with van der Waals surface area (Å²) in [5.74, 6) is 1.43. The number of hydrogen-bond donors (Lipinski definition) is 1. The van der Waals surface area contributed by atoms with E-state index in [1.165, 1.54) is 18.2 Å². The van der Waals surface area contributed by atoms with Crippen molar-refractivity contribution in [1.29, 1.82) is 0 Å². The van der Waals surface area contributed by atoms with Gasteiger partial charge in [0.15, 0.2) is 5.16 Å². The number of fused-ring (bicyclic) bond motifs is 1. The monoisotopic (exact) mass is 442 g/mol. The van der Waals surface area contributed by atoms with Crippen molar-refractivity contribution in [2.75, 3.05) is 12.4 Å². The quantitative estimate of drug-likeness (QED) is 0.535. The highest BCUT2D eigenvalue weighted by atomic mass is 35.5. The minimum absolute atomic E-state index is 0.140. The molecule has 2 aromatic carbocycles. The predicted molar refractivity (Wildman–Crippen MR) is 119 cm³/mol. The highest BCUT2D eigenvalue weighted by Crippen LogP contribution is 2.37. The Bertz CT molecular complexity index is 1030. The number of aromatic nitrogens is 3. The first-order chi connectivity index (χ1) is 14.7. The van der Waals surface area contributed by atoms with Gasteiger partial charge in [-0.3, -0.25) is 4.79 Å². The number of halogens is 1. The number of ether oxygens (including phenoxy) is 1. The highest BCUT2D eigenvalue weighted by molar-refractivity contribution is 8.00. The van der Waals surface area contributed by atoms with Gasteiger partial charge in [-0.25, -0.2) is 0 Å². The van der Waals surface area contributed by atoms with Crippen LogP contribution in [-0.4, -0.2) is 27.8 Å². The van der Waals surface area contributed by atoms with Crippen molar-refractivity contribution in [3.63, 3.8) is 0 Å². The SMILES string of the molecule is COc1ccc(NC(=O)[C@@H](Sc2nnc3n2CCCCC3)c2ccccc2)cc1Cl. The van der Waals surface area contributed by atoms with Crippen molar-refractivity contribution < 1.29 is 9.53 Å². The lowest BCUT2D eigenvalue weighted by molar-refractivity contribution is -0.115. The molecule has 1 atom stereocenters. The fraction of sp³-hybridized carbons (Fsp3) is 0.318. The number of hydrogen-bond acceptors (Lipinski definition) is 5. The van der Waals surface area contributed by atoms with Gasteiger partial charge in [-0.15, -0.1) is 10.2 Å². The number of carbonyl (C=O) groups excluding carboxylic acids is 1. The number of carbonyl (C=O) groups is 1. The molecule has 4 rings (SSSR count). The molecule has 0 saturated carbocycles. The summed E-state index contributed by atoms with van der Waals surface area (Å²) in [5.41, 5.74) is 1.53. The van der Waals surface area contributed by atoms with Crippen molar-refractivity contribution in [2.45, 2.75) is 42.6 Å². The Hall–Kier alpha value is -2.51. The van der Waals surface area contributed by atoms with Gasteiger partial charge in [0, 0.05) is 18.7 Å². The standard InChI is InChI=1S/C22H23ClN4O2S/c1-29-18-12-11-16(14-17(18)23)24-21(28)20(15-8-4-2-5-9-15)30-22-26-25-19-10-6-3-7-13-27(19)22/h2,4-5,8-9,11-12,14,20H,3,6-7,10,13H2,1H3,(H,24,28)/t20-/m0/s1. The van der Waals surface area contributed by atoms with Crippen molar-refractivity contribution >= 4 is 35.0 Å². The van der Waals surface area contributed by atoms with Gasteiger partial charge in [0.2, 0.25) is 5.91 Å². The van der Waals surface area contributed by atoms with Gasteiger partial charge < -0.3 is 14.6 Å². The van der Waals surface area contributed by atoms with E-state index in [1.54, 1.807) is 25.3 Å². The van der Waals surface area contributed by atoms with Crippen LogP contribution >= 0.6 is 23.4 Å². The third kappa shape index (κ3) is 4.63. The van der Waals surface area contributed by atoms with Crippen LogP contribution in [0.25, 0.3) is 0 Å². The van der Waals surface area contributed by atoms with Gasteiger partial charge in [0.05, 0.1) is 12.1 Å². The van der Waals surface area contributed by atoms with Crippen LogP contribution < -0.4 is 10.1 Å². The zero-order valence-corrected chi connectivity index (χ0v) is 18.2. The Balaban J connectivity index is 1.60. The molecule has 6 nitrogen and oxygen atoms in total. The van der Waals surface area contributed by atoms with Crippen molar-refractivity contribution in [1.82, 2.24) is 14.8 Å². The molecule has 0 fully saturated rings. The number of anilines is 1. The largest absolute Gasteiger partial charge is 0.495 e. The van der Waals surface area contributed by atoms with Crippen molar-refractivity contribution in [2.24, 2.45) is 0 Å². The summed E-state index contributed by atoms with van der Waals surface area (Å²) < 4.78 is 7.35. The average Bonchev–Trinajstić information content (AvgIpc) is 2.98. The molecule has 0 spiro atoms. The minimum Gasteiger partial charge on any atom is -0.495 e. The first-order valence-corrected chi connectivity index (χ1v) is 11.2. The van der Waals surface area contributed by atoms with Crippen LogP contribution in [-0.2, 0) is 17.8 Å². The van der Waals surface area contributed by atoms with E-state index in [2.05, 4.69) is 20.1 Å². The molecule has 1 aliphatic rings. The molecular formula is C22H23ClN4O2S. The average molecular weight is 443 g/mol. The maximum absolute atomic E-state index is 13.3. The van der Waals surface area contributed by atoms with E-state index in [0.29, 0.717) is 16.5 Å². The second-order valence-electron chi connectivity index (χ2n) is 7.11. The normalized spacial score (nSPS) is 14.5. The Morgan fingerprint density at radius 2 is 2.00 bits per heavy atom. The van der Waals surface area contributed by atoms with Gasteiger partial charge >= 0.3 is 0 Å². The lowest BCUT2D eigenvalue weighted by atomic mass is 10.1. The third-order valence-electron chi connectivity index (χ3n) is 5.06. The number of methoxy groups -OCH3 is 1. The molecule has 3 aromatic rings. The number of nitrogens with zero attached hydrogens (tertiary/aromatic N) is 3. The maximum atomic E-state index is 13.3.